The van der Waals surface area contributed by atoms with Gasteiger partial charge in [0.1, 0.15) is 6.04 Å². The summed E-state index contributed by atoms with van der Waals surface area (Å²) in [6, 6.07) is 11.8. The molecule has 0 aliphatic rings. The van der Waals surface area contributed by atoms with Crippen molar-refractivity contribution in [2.45, 2.75) is 13.0 Å². The second kappa shape index (κ2) is 9.54. The molecule has 0 unspecified atom stereocenters. The third-order valence-corrected chi connectivity index (χ3v) is 4.02. The summed E-state index contributed by atoms with van der Waals surface area (Å²) in [5.74, 6) is -0.756. The van der Waals surface area contributed by atoms with Crippen LogP contribution in [0, 0.1) is 10.1 Å². The zero-order valence-electron chi connectivity index (χ0n) is 14.6. The van der Waals surface area contributed by atoms with E-state index in [1.165, 1.54) is 12.1 Å². The number of rotatable bonds is 8. The van der Waals surface area contributed by atoms with Crippen LogP contribution in [0.15, 0.2) is 48.5 Å². The highest BCUT2D eigenvalue weighted by atomic mass is 35.5. The number of hydrogen-bond acceptors (Lipinski definition) is 5. The zero-order chi connectivity index (χ0) is 19.8. The molecule has 3 N–H and O–H groups in total. The number of amides is 2. The molecule has 0 fully saturated rings. The first-order chi connectivity index (χ1) is 12.9. The molecular weight excluding hydrogens is 372 g/mol. The van der Waals surface area contributed by atoms with Crippen LogP contribution in [0.5, 0.6) is 0 Å². The maximum Gasteiger partial charge on any atom is 0.269 e. The minimum absolute atomic E-state index is 0.0111. The molecule has 0 saturated carbocycles. The molecule has 2 aromatic carbocycles. The number of halogens is 1. The highest BCUT2D eigenvalue weighted by Crippen LogP contribution is 2.15. The predicted molar refractivity (Wildman–Crippen MR) is 103 cm³/mol. The Morgan fingerprint density at radius 3 is 2.41 bits per heavy atom. The monoisotopic (exact) mass is 390 g/mol. The summed E-state index contributed by atoms with van der Waals surface area (Å²) in [6.07, 6.45) is 0. The van der Waals surface area contributed by atoms with Crippen molar-refractivity contribution in [3.8, 4) is 0 Å². The molecule has 142 valence electrons. The van der Waals surface area contributed by atoms with Gasteiger partial charge in [0.05, 0.1) is 15.5 Å². The van der Waals surface area contributed by atoms with E-state index in [1.54, 1.807) is 43.3 Å². The Bertz CT molecular complexity index is 826. The fraction of sp³-hybridized carbons (Fsp3) is 0.222. The molecule has 9 heteroatoms. The van der Waals surface area contributed by atoms with E-state index in [1.807, 2.05) is 0 Å². The number of hydrogen-bond donors (Lipinski definition) is 3. The Labute approximate surface area is 161 Å². The van der Waals surface area contributed by atoms with Gasteiger partial charge in [-0.05, 0) is 31.2 Å². The average molecular weight is 391 g/mol. The summed E-state index contributed by atoms with van der Waals surface area (Å²) < 4.78 is 0. The molecule has 8 nitrogen and oxygen atoms in total. The smallest absolute Gasteiger partial charge is 0.269 e. The van der Waals surface area contributed by atoms with Crippen LogP contribution in [-0.4, -0.2) is 35.9 Å². The quantitative estimate of drug-likeness (QED) is 0.364. The lowest BCUT2D eigenvalue weighted by Crippen LogP contribution is -2.45. The maximum atomic E-state index is 12.1. The van der Waals surface area contributed by atoms with Gasteiger partial charge in [-0.2, -0.15) is 0 Å². The predicted octanol–water partition coefficient (Wildman–Crippen LogP) is 2.59. The topological polar surface area (TPSA) is 113 Å². The van der Waals surface area contributed by atoms with E-state index >= 15 is 0 Å². The van der Waals surface area contributed by atoms with Gasteiger partial charge in [0.2, 0.25) is 5.91 Å². The van der Waals surface area contributed by atoms with E-state index in [0.29, 0.717) is 29.4 Å². The summed E-state index contributed by atoms with van der Waals surface area (Å²) in [6.45, 7) is 2.32. The number of carbonyl (C=O) groups is 2. The Morgan fingerprint density at radius 2 is 1.78 bits per heavy atom. The number of anilines is 1. The van der Waals surface area contributed by atoms with Gasteiger partial charge in [-0.3, -0.25) is 19.7 Å². The highest BCUT2D eigenvalue weighted by Gasteiger charge is 2.17. The van der Waals surface area contributed by atoms with Crippen LogP contribution >= 0.6 is 11.6 Å². The standard InChI is InChI=1S/C18H19ClN4O4/c1-12(22-18(25)15-4-2-3-5-16(15)19)17(24)21-11-10-20-13-6-8-14(9-7-13)23(26)27/h2-9,12,20H,10-11H2,1H3,(H,21,24)(H,22,25)/t12-/m0/s1. The summed E-state index contributed by atoms with van der Waals surface area (Å²) in [5, 5.41) is 19.2. The van der Waals surface area contributed by atoms with Crippen LogP contribution in [0.3, 0.4) is 0 Å². The Kier molecular flexibility index (Phi) is 7.13. The number of benzene rings is 2. The third kappa shape index (κ3) is 5.96. The van der Waals surface area contributed by atoms with Crippen LogP contribution in [0.1, 0.15) is 17.3 Å². The van der Waals surface area contributed by atoms with E-state index in [4.69, 9.17) is 11.6 Å². The first-order valence-corrected chi connectivity index (χ1v) is 8.57. The Balaban J connectivity index is 1.74. The molecule has 0 heterocycles. The molecule has 0 bridgehead atoms. The maximum absolute atomic E-state index is 12.1. The number of non-ortho nitro benzene ring substituents is 1. The summed E-state index contributed by atoms with van der Waals surface area (Å²) in [4.78, 5) is 34.3. The van der Waals surface area contributed by atoms with Crippen molar-refractivity contribution in [1.82, 2.24) is 10.6 Å². The summed E-state index contributed by atoms with van der Waals surface area (Å²) in [7, 11) is 0. The van der Waals surface area contributed by atoms with Crippen molar-refractivity contribution >= 4 is 34.8 Å². The minimum Gasteiger partial charge on any atom is -0.383 e. The lowest BCUT2D eigenvalue weighted by molar-refractivity contribution is -0.384. The van der Waals surface area contributed by atoms with Crippen LogP contribution in [0.25, 0.3) is 0 Å². The first kappa shape index (κ1) is 20.2. The number of nitrogens with zero attached hydrogens (tertiary/aromatic N) is 1. The lowest BCUT2D eigenvalue weighted by atomic mass is 10.2. The van der Waals surface area contributed by atoms with Gasteiger partial charge in [-0.15, -0.1) is 0 Å². The van der Waals surface area contributed by atoms with E-state index in [-0.39, 0.29) is 11.6 Å². The number of nitro groups is 1. The fourth-order valence-electron chi connectivity index (χ4n) is 2.23. The van der Waals surface area contributed by atoms with Gasteiger partial charge < -0.3 is 16.0 Å². The average Bonchev–Trinajstić information content (AvgIpc) is 2.65. The first-order valence-electron chi connectivity index (χ1n) is 8.20. The van der Waals surface area contributed by atoms with Crippen molar-refractivity contribution in [3.63, 3.8) is 0 Å². The molecule has 2 aromatic rings. The third-order valence-electron chi connectivity index (χ3n) is 3.69. The zero-order valence-corrected chi connectivity index (χ0v) is 15.3. The molecule has 0 aromatic heterocycles. The highest BCUT2D eigenvalue weighted by molar-refractivity contribution is 6.33. The molecule has 0 spiro atoms. The molecule has 2 rings (SSSR count). The molecule has 2 amide bonds. The second-order valence-electron chi connectivity index (χ2n) is 5.70. The van der Waals surface area contributed by atoms with Gasteiger partial charge in [0.15, 0.2) is 0 Å². The molecule has 27 heavy (non-hydrogen) atoms. The van der Waals surface area contributed by atoms with Crippen LogP contribution in [-0.2, 0) is 4.79 Å². The largest absolute Gasteiger partial charge is 0.383 e. The molecular formula is C18H19ClN4O4. The van der Waals surface area contributed by atoms with Crippen molar-refractivity contribution in [1.29, 1.82) is 0 Å². The number of nitrogens with one attached hydrogen (secondary N) is 3. The number of nitro benzene ring substituents is 1. The van der Waals surface area contributed by atoms with Gasteiger partial charge in [0.25, 0.3) is 11.6 Å². The van der Waals surface area contributed by atoms with Crippen molar-refractivity contribution < 1.29 is 14.5 Å². The summed E-state index contributed by atoms with van der Waals surface area (Å²) >= 11 is 5.96. The van der Waals surface area contributed by atoms with E-state index in [9.17, 15) is 19.7 Å². The Morgan fingerprint density at radius 1 is 1.11 bits per heavy atom. The minimum atomic E-state index is -0.729. The molecule has 0 aliphatic heterocycles. The Hall–Kier alpha value is -3.13. The summed E-state index contributed by atoms with van der Waals surface area (Å²) in [5.41, 5.74) is 1.02. The van der Waals surface area contributed by atoms with Gasteiger partial charge >= 0.3 is 0 Å². The van der Waals surface area contributed by atoms with E-state index in [2.05, 4.69) is 16.0 Å². The van der Waals surface area contributed by atoms with Crippen LogP contribution < -0.4 is 16.0 Å². The van der Waals surface area contributed by atoms with Crippen LogP contribution in [0.2, 0.25) is 5.02 Å². The lowest BCUT2D eigenvalue weighted by Gasteiger charge is -2.15. The van der Waals surface area contributed by atoms with E-state index in [0.717, 1.165) is 0 Å². The fourth-order valence-corrected chi connectivity index (χ4v) is 2.45. The van der Waals surface area contributed by atoms with Gasteiger partial charge in [-0.25, -0.2) is 0 Å². The normalized spacial score (nSPS) is 11.3. The van der Waals surface area contributed by atoms with Crippen molar-refractivity contribution in [2.24, 2.45) is 0 Å². The van der Waals surface area contributed by atoms with Crippen molar-refractivity contribution in [3.05, 3.63) is 69.2 Å². The van der Waals surface area contributed by atoms with E-state index < -0.39 is 16.9 Å². The SMILES string of the molecule is C[C@H](NC(=O)c1ccccc1Cl)C(=O)NCCNc1ccc([N+](=O)[O-])cc1. The molecule has 0 aliphatic carbocycles. The van der Waals surface area contributed by atoms with Crippen molar-refractivity contribution in [2.75, 3.05) is 18.4 Å². The van der Waals surface area contributed by atoms with Gasteiger partial charge in [-0.1, -0.05) is 23.7 Å². The number of carbonyl (C=O) groups excluding carboxylic acids is 2. The molecule has 0 saturated heterocycles. The molecule has 1 atom stereocenters. The second-order valence-corrected chi connectivity index (χ2v) is 6.10. The van der Waals surface area contributed by atoms with Crippen LogP contribution in [0.4, 0.5) is 11.4 Å². The van der Waals surface area contributed by atoms with Gasteiger partial charge in [0, 0.05) is 30.9 Å². The molecule has 0 radical (unpaired) electrons.